The number of hydrogen-bond acceptors (Lipinski definition) is 4. The van der Waals surface area contributed by atoms with Gasteiger partial charge in [0.2, 0.25) is 0 Å². The second kappa shape index (κ2) is 3.49. The highest BCUT2D eigenvalue weighted by Gasteiger charge is 2.32. The van der Waals surface area contributed by atoms with Crippen molar-refractivity contribution in [2.75, 3.05) is 7.11 Å². The number of aliphatic hydroxyl groups excluding tert-OH is 1. The molecule has 0 amide bonds. The van der Waals surface area contributed by atoms with Crippen LogP contribution in [-0.2, 0) is 9.47 Å². The largest absolute Gasteiger partial charge is 0.380 e. The lowest BCUT2D eigenvalue weighted by Gasteiger charge is -2.35. The van der Waals surface area contributed by atoms with Gasteiger partial charge in [0.15, 0.2) is 6.29 Å². The number of rotatable bonds is 1. The summed E-state index contributed by atoms with van der Waals surface area (Å²) in [6.45, 7) is 1.83. The maximum Gasteiger partial charge on any atom is 0.157 e. The minimum absolute atomic E-state index is 0.0891. The summed E-state index contributed by atoms with van der Waals surface area (Å²) >= 11 is 0. The molecule has 4 heteroatoms. The molecule has 66 valence electrons. The smallest absolute Gasteiger partial charge is 0.157 e. The van der Waals surface area contributed by atoms with E-state index < -0.39 is 6.29 Å². The molecular formula is C7H15NO3. The van der Waals surface area contributed by atoms with E-state index in [1.54, 1.807) is 7.11 Å². The van der Waals surface area contributed by atoms with Gasteiger partial charge in [0.05, 0.1) is 18.2 Å². The van der Waals surface area contributed by atoms with E-state index in [9.17, 15) is 0 Å². The van der Waals surface area contributed by atoms with E-state index in [4.69, 9.17) is 20.3 Å². The van der Waals surface area contributed by atoms with Gasteiger partial charge in [-0.1, -0.05) is 0 Å². The highest BCUT2D eigenvalue weighted by Crippen LogP contribution is 2.18. The lowest BCUT2D eigenvalue weighted by molar-refractivity contribution is -0.196. The fourth-order valence-corrected chi connectivity index (χ4v) is 1.31. The second-order valence-corrected chi connectivity index (χ2v) is 2.88. The van der Waals surface area contributed by atoms with Crippen molar-refractivity contribution in [3.63, 3.8) is 0 Å². The minimum atomic E-state index is -0.727. The molecule has 4 atom stereocenters. The average Bonchev–Trinajstić information content (AvgIpc) is 1.96. The van der Waals surface area contributed by atoms with E-state index in [1.165, 1.54) is 0 Å². The number of aliphatic hydroxyl groups is 1. The summed E-state index contributed by atoms with van der Waals surface area (Å²) in [5.41, 5.74) is 5.73. The van der Waals surface area contributed by atoms with Gasteiger partial charge in [-0.25, -0.2) is 0 Å². The van der Waals surface area contributed by atoms with Gasteiger partial charge in [0.1, 0.15) is 0 Å². The Labute approximate surface area is 66.3 Å². The van der Waals surface area contributed by atoms with Crippen molar-refractivity contribution >= 4 is 0 Å². The first-order chi connectivity index (χ1) is 5.15. The first-order valence-corrected chi connectivity index (χ1v) is 3.77. The lowest BCUT2D eigenvalue weighted by Crippen LogP contribution is -2.52. The van der Waals surface area contributed by atoms with E-state index in [1.807, 2.05) is 6.92 Å². The molecule has 0 aromatic heterocycles. The Morgan fingerprint density at radius 1 is 1.64 bits per heavy atom. The molecule has 0 aromatic rings. The number of nitrogens with two attached hydrogens (primary N) is 1. The standard InChI is InChI=1S/C7H15NO3/c1-4-7(8)5(10-2)3-6(9)11-4/h4-7,9H,3,8H2,1-2H3/t4-,5+,6+,7+/m1/s1. The molecule has 1 aliphatic heterocycles. The molecule has 1 aliphatic rings. The monoisotopic (exact) mass is 161 g/mol. The van der Waals surface area contributed by atoms with E-state index in [-0.39, 0.29) is 18.2 Å². The molecule has 0 aromatic carbocycles. The van der Waals surface area contributed by atoms with Crippen LogP contribution in [0.2, 0.25) is 0 Å². The van der Waals surface area contributed by atoms with Crippen LogP contribution in [0.3, 0.4) is 0 Å². The summed E-state index contributed by atoms with van der Waals surface area (Å²) < 4.78 is 10.2. The zero-order chi connectivity index (χ0) is 8.43. The lowest BCUT2D eigenvalue weighted by atomic mass is 10.0. The van der Waals surface area contributed by atoms with Gasteiger partial charge in [-0.05, 0) is 6.92 Å². The first-order valence-electron chi connectivity index (χ1n) is 3.77. The molecule has 3 N–H and O–H groups in total. The highest BCUT2D eigenvalue weighted by atomic mass is 16.6. The number of hydrogen-bond donors (Lipinski definition) is 2. The fourth-order valence-electron chi connectivity index (χ4n) is 1.31. The van der Waals surface area contributed by atoms with Gasteiger partial charge < -0.3 is 20.3 Å². The van der Waals surface area contributed by atoms with Crippen molar-refractivity contribution in [3.05, 3.63) is 0 Å². The van der Waals surface area contributed by atoms with Crippen molar-refractivity contribution in [3.8, 4) is 0 Å². The Morgan fingerprint density at radius 3 is 2.82 bits per heavy atom. The molecule has 0 spiro atoms. The molecular weight excluding hydrogens is 146 g/mol. The summed E-state index contributed by atoms with van der Waals surface area (Å²) in [7, 11) is 1.59. The van der Waals surface area contributed by atoms with E-state index in [0.717, 1.165) is 0 Å². The topological polar surface area (TPSA) is 64.7 Å². The summed E-state index contributed by atoms with van der Waals surface area (Å²) in [5, 5.41) is 9.14. The highest BCUT2D eigenvalue weighted by molar-refractivity contribution is 4.84. The SMILES string of the molecule is CO[C@H]1C[C@@H](O)O[C@H](C)[C@@H]1N. The molecule has 0 radical (unpaired) electrons. The Hall–Kier alpha value is -0.160. The van der Waals surface area contributed by atoms with Crippen molar-refractivity contribution in [1.29, 1.82) is 0 Å². The van der Waals surface area contributed by atoms with Crippen LogP contribution in [0, 0.1) is 0 Å². The first kappa shape index (κ1) is 8.93. The third-order valence-electron chi connectivity index (χ3n) is 2.08. The number of ether oxygens (including phenoxy) is 2. The number of methoxy groups -OCH3 is 1. The van der Waals surface area contributed by atoms with Gasteiger partial charge in [0, 0.05) is 13.5 Å². The van der Waals surface area contributed by atoms with Crippen LogP contribution in [0.25, 0.3) is 0 Å². The van der Waals surface area contributed by atoms with Crippen LogP contribution in [0.15, 0.2) is 0 Å². The molecule has 0 aliphatic carbocycles. The van der Waals surface area contributed by atoms with Gasteiger partial charge in [-0.15, -0.1) is 0 Å². The minimum Gasteiger partial charge on any atom is -0.380 e. The summed E-state index contributed by atoms with van der Waals surface area (Å²) in [6, 6.07) is -0.136. The van der Waals surface area contributed by atoms with Crippen LogP contribution >= 0.6 is 0 Å². The molecule has 1 rings (SSSR count). The van der Waals surface area contributed by atoms with Crippen molar-refractivity contribution in [2.24, 2.45) is 5.73 Å². The summed E-state index contributed by atoms with van der Waals surface area (Å²) in [4.78, 5) is 0. The molecule has 0 bridgehead atoms. The predicted molar refractivity (Wildman–Crippen MR) is 39.9 cm³/mol. The maximum absolute atomic E-state index is 9.14. The Bertz CT molecular complexity index is 131. The summed E-state index contributed by atoms with van der Waals surface area (Å²) in [6.07, 6.45) is -0.491. The third-order valence-corrected chi connectivity index (χ3v) is 2.08. The second-order valence-electron chi connectivity index (χ2n) is 2.88. The van der Waals surface area contributed by atoms with Crippen molar-refractivity contribution < 1.29 is 14.6 Å². The quantitative estimate of drug-likeness (QED) is 0.542. The van der Waals surface area contributed by atoms with Crippen LogP contribution in [0.5, 0.6) is 0 Å². The fraction of sp³-hybridized carbons (Fsp3) is 1.00. The van der Waals surface area contributed by atoms with Gasteiger partial charge in [-0.2, -0.15) is 0 Å². The van der Waals surface area contributed by atoms with Gasteiger partial charge in [-0.3, -0.25) is 0 Å². The molecule has 1 heterocycles. The van der Waals surface area contributed by atoms with Gasteiger partial charge in [0.25, 0.3) is 0 Å². The van der Waals surface area contributed by atoms with Crippen LogP contribution in [0.4, 0.5) is 0 Å². The van der Waals surface area contributed by atoms with Crippen molar-refractivity contribution in [1.82, 2.24) is 0 Å². The Balaban J connectivity index is 2.51. The molecule has 1 fully saturated rings. The molecule has 1 saturated heterocycles. The Kier molecular flexibility index (Phi) is 2.84. The van der Waals surface area contributed by atoms with Crippen LogP contribution in [0.1, 0.15) is 13.3 Å². The van der Waals surface area contributed by atoms with Crippen LogP contribution in [-0.4, -0.2) is 36.8 Å². The van der Waals surface area contributed by atoms with Gasteiger partial charge >= 0.3 is 0 Å². The zero-order valence-corrected chi connectivity index (χ0v) is 6.86. The molecule has 4 nitrogen and oxygen atoms in total. The third kappa shape index (κ3) is 1.90. The van der Waals surface area contributed by atoms with Crippen LogP contribution < -0.4 is 5.73 Å². The average molecular weight is 161 g/mol. The maximum atomic E-state index is 9.14. The van der Waals surface area contributed by atoms with E-state index >= 15 is 0 Å². The Morgan fingerprint density at radius 2 is 2.27 bits per heavy atom. The summed E-state index contributed by atoms with van der Waals surface area (Å²) in [5.74, 6) is 0. The van der Waals surface area contributed by atoms with E-state index in [0.29, 0.717) is 6.42 Å². The van der Waals surface area contributed by atoms with Crippen molar-refractivity contribution in [2.45, 2.75) is 37.9 Å². The normalized spacial score (nSPS) is 45.8. The predicted octanol–water partition coefficient (Wildman–Crippen LogP) is -0.544. The molecule has 11 heavy (non-hydrogen) atoms. The van der Waals surface area contributed by atoms with E-state index in [2.05, 4.69) is 0 Å². The molecule has 0 saturated carbocycles. The zero-order valence-electron chi connectivity index (χ0n) is 6.86. The molecule has 0 unspecified atom stereocenters.